The van der Waals surface area contributed by atoms with E-state index in [1.54, 1.807) is 17.4 Å². The first kappa shape index (κ1) is 14.7. The molecule has 0 radical (unpaired) electrons. The molecule has 0 amide bonds. The van der Waals surface area contributed by atoms with Crippen LogP contribution in [0.1, 0.15) is 23.8 Å². The normalized spacial score (nSPS) is 10.9. The Balaban J connectivity index is 2.20. The van der Waals surface area contributed by atoms with Crippen LogP contribution in [0.5, 0.6) is 0 Å². The molecule has 0 saturated carbocycles. The van der Waals surface area contributed by atoms with Gasteiger partial charge in [0.15, 0.2) is 0 Å². The molecule has 0 aliphatic rings. The Labute approximate surface area is 126 Å². The number of thiophene rings is 1. The van der Waals surface area contributed by atoms with Gasteiger partial charge in [-0.1, -0.05) is 6.92 Å². The molecule has 0 aliphatic heterocycles. The molecule has 1 nitrogen and oxygen atoms in total. The van der Waals surface area contributed by atoms with E-state index in [-0.39, 0.29) is 5.82 Å². The highest BCUT2D eigenvalue weighted by Crippen LogP contribution is 2.33. The molecule has 0 spiro atoms. The second-order valence-corrected chi connectivity index (χ2v) is 6.55. The molecular weight excluding hydrogens is 325 g/mol. The first-order valence-electron chi connectivity index (χ1n) is 6.37. The minimum absolute atomic E-state index is 0.209. The number of rotatable bonds is 5. The van der Waals surface area contributed by atoms with Gasteiger partial charge in [-0.15, -0.1) is 11.3 Å². The molecular formula is C15H17BrFNS. The van der Waals surface area contributed by atoms with Gasteiger partial charge in [0.25, 0.3) is 0 Å². The van der Waals surface area contributed by atoms with Crippen LogP contribution >= 0.6 is 27.3 Å². The highest BCUT2D eigenvalue weighted by Gasteiger charge is 2.09. The van der Waals surface area contributed by atoms with E-state index in [4.69, 9.17) is 0 Å². The Kier molecular flexibility index (Phi) is 5.13. The zero-order valence-corrected chi connectivity index (χ0v) is 13.5. The van der Waals surface area contributed by atoms with Crippen LogP contribution in [-0.4, -0.2) is 6.54 Å². The van der Waals surface area contributed by atoms with E-state index in [1.165, 1.54) is 4.88 Å². The number of halogens is 2. The van der Waals surface area contributed by atoms with Crippen LogP contribution in [-0.2, 0) is 6.54 Å². The van der Waals surface area contributed by atoms with Crippen molar-refractivity contribution < 1.29 is 4.39 Å². The van der Waals surface area contributed by atoms with Crippen molar-refractivity contribution in [3.63, 3.8) is 0 Å². The Morgan fingerprint density at radius 1 is 1.32 bits per heavy atom. The van der Waals surface area contributed by atoms with Crippen molar-refractivity contribution in [2.75, 3.05) is 6.54 Å². The summed E-state index contributed by atoms with van der Waals surface area (Å²) in [4.78, 5) is 2.41. The number of hydrogen-bond donors (Lipinski definition) is 1. The highest BCUT2D eigenvalue weighted by molar-refractivity contribution is 9.10. The SMILES string of the molecule is CCCNCc1ccc(-c2cc(F)c(Br)cc2C)s1. The summed E-state index contributed by atoms with van der Waals surface area (Å²) in [6, 6.07) is 7.62. The van der Waals surface area contributed by atoms with Gasteiger partial charge in [-0.3, -0.25) is 0 Å². The van der Waals surface area contributed by atoms with E-state index in [0.29, 0.717) is 4.47 Å². The van der Waals surface area contributed by atoms with Crippen LogP contribution < -0.4 is 5.32 Å². The van der Waals surface area contributed by atoms with Crippen LogP contribution in [0, 0.1) is 12.7 Å². The summed E-state index contributed by atoms with van der Waals surface area (Å²) in [6.45, 7) is 6.07. The molecule has 0 bridgehead atoms. The van der Waals surface area contributed by atoms with E-state index in [9.17, 15) is 4.39 Å². The second kappa shape index (κ2) is 6.64. The molecule has 0 aliphatic carbocycles. The van der Waals surface area contributed by atoms with Crippen LogP contribution in [0.15, 0.2) is 28.7 Å². The smallest absolute Gasteiger partial charge is 0.138 e. The van der Waals surface area contributed by atoms with Crippen molar-refractivity contribution in [1.29, 1.82) is 0 Å². The van der Waals surface area contributed by atoms with Crippen LogP contribution in [0.25, 0.3) is 10.4 Å². The summed E-state index contributed by atoms with van der Waals surface area (Å²) in [7, 11) is 0. The Morgan fingerprint density at radius 2 is 2.11 bits per heavy atom. The molecule has 102 valence electrons. The predicted molar refractivity (Wildman–Crippen MR) is 84.1 cm³/mol. The lowest BCUT2D eigenvalue weighted by molar-refractivity contribution is 0.621. The maximum Gasteiger partial charge on any atom is 0.138 e. The average molecular weight is 342 g/mol. The Bertz CT molecular complexity index is 565. The lowest BCUT2D eigenvalue weighted by Crippen LogP contribution is -2.12. The first-order valence-corrected chi connectivity index (χ1v) is 7.98. The Morgan fingerprint density at radius 3 is 2.84 bits per heavy atom. The predicted octanol–water partition coefficient (Wildman–Crippen LogP) is 5.12. The molecule has 2 rings (SSSR count). The van der Waals surface area contributed by atoms with Crippen molar-refractivity contribution in [2.24, 2.45) is 0 Å². The van der Waals surface area contributed by atoms with Gasteiger partial charge >= 0.3 is 0 Å². The van der Waals surface area contributed by atoms with E-state index >= 15 is 0 Å². The molecule has 1 heterocycles. The van der Waals surface area contributed by atoms with Crippen LogP contribution in [0.4, 0.5) is 4.39 Å². The number of aryl methyl sites for hydroxylation is 1. The first-order chi connectivity index (χ1) is 9.11. The fourth-order valence-electron chi connectivity index (χ4n) is 1.92. The van der Waals surface area contributed by atoms with Gasteiger partial charge in [-0.25, -0.2) is 4.39 Å². The summed E-state index contributed by atoms with van der Waals surface area (Å²) in [5.41, 5.74) is 2.07. The molecule has 1 N–H and O–H groups in total. The van der Waals surface area contributed by atoms with Crippen molar-refractivity contribution in [3.8, 4) is 10.4 Å². The van der Waals surface area contributed by atoms with Crippen molar-refractivity contribution in [2.45, 2.75) is 26.8 Å². The van der Waals surface area contributed by atoms with Crippen molar-refractivity contribution in [3.05, 3.63) is 45.0 Å². The fourth-order valence-corrected chi connectivity index (χ4v) is 3.43. The van der Waals surface area contributed by atoms with Gasteiger partial charge < -0.3 is 5.32 Å². The van der Waals surface area contributed by atoms with Gasteiger partial charge in [-0.2, -0.15) is 0 Å². The zero-order valence-electron chi connectivity index (χ0n) is 11.1. The molecule has 1 aromatic carbocycles. The van der Waals surface area contributed by atoms with Crippen LogP contribution in [0.2, 0.25) is 0 Å². The van der Waals surface area contributed by atoms with Gasteiger partial charge in [0.1, 0.15) is 5.82 Å². The summed E-state index contributed by atoms with van der Waals surface area (Å²) >= 11 is 4.94. The average Bonchev–Trinajstić information content (AvgIpc) is 2.83. The van der Waals surface area contributed by atoms with Gasteiger partial charge in [0, 0.05) is 16.3 Å². The van der Waals surface area contributed by atoms with Gasteiger partial charge in [0.05, 0.1) is 4.47 Å². The standard InChI is InChI=1S/C15H17BrFNS/c1-3-6-18-9-11-4-5-15(19-11)12-8-14(17)13(16)7-10(12)2/h4-5,7-8,18H,3,6,9H2,1-2H3. The maximum absolute atomic E-state index is 13.6. The van der Waals surface area contributed by atoms with E-state index < -0.39 is 0 Å². The van der Waals surface area contributed by atoms with Crippen LogP contribution in [0.3, 0.4) is 0 Å². The molecule has 0 fully saturated rings. The number of benzene rings is 1. The molecule has 2 aromatic rings. The second-order valence-electron chi connectivity index (χ2n) is 4.52. The maximum atomic E-state index is 13.6. The molecule has 4 heteroatoms. The minimum Gasteiger partial charge on any atom is -0.312 e. The molecule has 0 saturated heterocycles. The lowest BCUT2D eigenvalue weighted by atomic mass is 10.1. The summed E-state index contributed by atoms with van der Waals surface area (Å²) in [5, 5.41) is 3.38. The van der Waals surface area contributed by atoms with Crippen molar-refractivity contribution >= 4 is 27.3 Å². The fraction of sp³-hybridized carbons (Fsp3) is 0.333. The summed E-state index contributed by atoms with van der Waals surface area (Å²) in [5.74, 6) is -0.209. The van der Waals surface area contributed by atoms with Gasteiger partial charge in [0.2, 0.25) is 0 Å². The van der Waals surface area contributed by atoms with Crippen molar-refractivity contribution in [1.82, 2.24) is 5.32 Å². The third kappa shape index (κ3) is 3.65. The number of nitrogens with one attached hydrogen (secondary N) is 1. The lowest BCUT2D eigenvalue weighted by Gasteiger charge is -2.05. The van der Waals surface area contributed by atoms with E-state index in [2.05, 4.69) is 40.3 Å². The van der Waals surface area contributed by atoms with Gasteiger partial charge in [-0.05, 0) is 71.2 Å². The Hall–Kier alpha value is -0.710. The zero-order chi connectivity index (χ0) is 13.8. The van der Waals surface area contributed by atoms with E-state index in [1.807, 2.05) is 13.0 Å². The van der Waals surface area contributed by atoms with E-state index in [0.717, 1.165) is 35.5 Å². The third-order valence-electron chi connectivity index (χ3n) is 2.92. The summed E-state index contributed by atoms with van der Waals surface area (Å²) < 4.78 is 14.2. The minimum atomic E-state index is -0.209. The molecule has 0 atom stereocenters. The monoisotopic (exact) mass is 341 g/mol. The quantitative estimate of drug-likeness (QED) is 0.743. The number of hydrogen-bond acceptors (Lipinski definition) is 2. The highest BCUT2D eigenvalue weighted by atomic mass is 79.9. The topological polar surface area (TPSA) is 12.0 Å². The molecule has 19 heavy (non-hydrogen) atoms. The third-order valence-corrected chi connectivity index (χ3v) is 4.65. The molecule has 0 unspecified atom stereocenters. The summed E-state index contributed by atoms with van der Waals surface area (Å²) in [6.07, 6.45) is 1.13. The molecule has 1 aromatic heterocycles. The largest absolute Gasteiger partial charge is 0.312 e.